The first kappa shape index (κ1) is 14.5. The van der Waals surface area contributed by atoms with E-state index in [0.717, 1.165) is 0 Å². The van der Waals surface area contributed by atoms with Crippen LogP contribution in [0.25, 0.3) is 0 Å². The van der Waals surface area contributed by atoms with Crippen LogP contribution in [0.4, 0.5) is 5.69 Å². The lowest BCUT2D eigenvalue weighted by molar-refractivity contribution is -0.384. The van der Waals surface area contributed by atoms with Crippen molar-refractivity contribution in [3.63, 3.8) is 0 Å². The number of carbonyl (C=O) groups excluding carboxylic acids is 1. The summed E-state index contributed by atoms with van der Waals surface area (Å²) in [4.78, 5) is 22.7. The highest BCUT2D eigenvalue weighted by molar-refractivity contribution is 6.11. The molecule has 0 N–H and O–H groups in total. The average Bonchev–Trinajstić information content (AvgIpc) is 2.53. The Hall–Kier alpha value is -2.89. The van der Waals surface area contributed by atoms with E-state index >= 15 is 0 Å². The Bertz CT molecular complexity index is 679. The number of nitro benzene ring substituents is 1. The van der Waals surface area contributed by atoms with Gasteiger partial charge in [-0.15, -0.1) is 0 Å². The van der Waals surface area contributed by atoms with Crippen LogP contribution in [-0.2, 0) is 0 Å². The van der Waals surface area contributed by atoms with E-state index < -0.39 is 4.92 Å². The summed E-state index contributed by atoms with van der Waals surface area (Å²) in [5, 5.41) is 10.8. The first-order chi connectivity index (χ1) is 10.1. The molecule has 0 aliphatic carbocycles. The van der Waals surface area contributed by atoms with E-state index in [2.05, 4.69) is 0 Å². The molecule has 2 aromatic carbocycles. The maximum absolute atomic E-state index is 12.5. The number of carbonyl (C=O) groups is 1. The number of non-ortho nitro benzene ring substituents is 1. The molecule has 0 saturated heterocycles. The van der Waals surface area contributed by atoms with Gasteiger partial charge in [0.05, 0.1) is 24.7 Å². The molecule has 2 rings (SSSR count). The molecule has 2 aromatic rings. The van der Waals surface area contributed by atoms with Crippen LogP contribution >= 0.6 is 0 Å². The van der Waals surface area contributed by atoms with Gasteiger partial charge in [0.15, 0.2) is 5.78 Å². The number of ketones is 1. The summed E-state index contributed by atoms with van der Waals surface area (Å²) in [5.74, 6) is 0.567. The molecule has 0 heterocycles. The quantitative estimate of drug-likeness (QED) is 0.480. The molecule has 0 atom stereocenters. The van der Waals surface area contributed by atoms with Gasteiger partial charge in [0.1, 0.15) is 11.5 Å². The minimum absolute atomic E-state index is 0.150. The number of methoxy groups -OCH3 is 2. The van der Waals surface area contributed by atoms with Crippen molar-refractivity contribution < 1.29 is 19.2 Å². The molecule has 0 radical (unpaired) electrons. The van der Waals surface area contributed by atoms with Gasteiger partial charge in [-0.05, 0) is 30.3 Å². The first-order valence-electron chi connectivity index (χ1n) is 6.08. The third-order valence-electron chi connectivity index (χ3n) is 2.99. The lowest BCUT2D eigenvalue weighted by atomic mass is 10.0. The molecule has 0 aromatic heterocycles. The zero-order valence-electron chi connectivity index (χ0n) is 11.5. The highest BCUT2D eigenvalue weighted by Gasteiger charge is 2.18. The van der Waals surface area contributed by atoms with Crippen molar-refractivity contribution in [1.29, 1.82) is 0 Å². The highest BCUT2D eigenvalue weighted by atomic mass is 16.6. The second-order valence-electron chi connectivity index (χ2n) is 4.20. The summed E-state index contributed by atoms with van der Waals surface area (Å²) in [6.45, 7) is 0. The van der Waals surface area contributed by atoms with Gasteiger partial charge in [0, 0.05) is 17.7 Å². The van der Waals surface area contributed by atoms with Crippen molar-refractivity contribution in [2.45, 2.75) is 0 Å². The van der Waals surface area contributed by atoms with E-state index in [1.807, 2.05) is 0 Å². The Kier molecular flexibility index (Phi) is 4.18. The van der Waals surface area contributed by atoms with E-state index in [0.29, 0.717) is 17.1 Å². The molecule has 0 amide bonds. The van der Waals surface area contributed by atoms with E-state index in [1.165, 1.54) is 32.4 Å². The maximum atomic E-state index is 12.5. The van der Waals surface area contributed by atoms with Gasteiger partial charge in [-0.3, -0.25) is 14.9 Å². The van der Waals surface area contributed by atoms with Crippen LogP contribution in [0.15, 0.2) is 42.5 Å². The number of nitrogens with zero attached hydrogens (tertiary/aromatic N) is 1. The Morgan fingerprint density at radius 2 is 1.71 bits per heavy atom. The summed E-state index contributed by atoms with van der Waals surface area (Å²) >= 11 is 0. The summed E-state index contributed by atoms with van der Waals surface area (Å²) < 4.78 is 10.1. The van der Waals surface area contributed by atoms with Crippen molar-refractivity contribution in [2.75, 3.05) is 14.2 Å². The predicted molar refractivity (Wildman–Crippen MR) is 76.1 cm³/mol. The molecule has 0 saturated carbocycles. The third-order valence-corrected chi connectivity index (χ3v) is 2.99. The second kappa shape index (κ2) is 6.04. The zero-order chi connectivity index (χ0) is 15.4. The number of hydrogen-bond acceptors (Lipinski definition) is 5. The molecule has 6 nitrogen and oxygen atoms in total. The number of ether oxygens (including phenoxy) is 2. The zero-order valence-corrected chi connectivity index (χ0v) is 11.5. The van der Waals surface area contributed by atoms with Crippen molar-refractivity contribution in [3.05, 3.63) is 63.7 Å². The van der Waals surface area contributed by atoms with Crippen LogP contribution in [0.3, 0.4) is 0 Å². The fraction of sp³-hybridized carbons (Fsp3) is 0.133. The van der Waals surface area contributed by atoms with Gasteiger partial charge >= 0.3 is 0 Å². The van der Waals surface area contributed by atoms with E-state index in [1.54, 1.807) is 24.3 Å². The van der Waals surface area contributed by atoms with Crippen molar-refractivity contribution in [2.24, 2.45) is 0 Å². The number of benzene rings is 2. The Morgan fingerprint density at radius 3 is 2.24 bits per heavy atom. The van der Waals surface area contributed by atoms with E-state index in [9.17, 15) is 14.9 Å². The van der Waals surface area contributed by atoms with Crippen molar-refractivity contribution >= 4 is 11.5 Å². The van der Waals surface area contributed by atoms with Crippen LogP contribution in [0.5, 0.6) is 11.5 Å². The molecule has 6 heteroatoms. The number of hydrogen-bond donors (Lipinski definition) is 0. The normalized spacial score (nSPS) is 10.0. The Balaban J connectivity index is 2.45. The average molecular weight is 287 g/mol. The molecule has 0 bridgehead atoms. The summed E-state index contributed by atoms with van der Waals surface area (Å²) in [6.07, 6.45) is 0. The van der Waals surface area contributed by atoms with Gasteiger partial charge in [0.2, 0.25) is 0 Å². The Morgan fingerprint density at radius 1 is 1.05 bits per heavy atom. The molecule has 0 fully saturated rings. The predicted octanol–water partition coefficient (Wildman–Crippen LogP) is 2.84. The molecular weight excluding hydrogens is 274 g/mol. The molecule has 21 heavy (non-hydrogen) atoms. The van der Waals surface area contributed by atoms with Crippen LogP contribution in [-0.4, -0.2) is 24.9 Å². The van der Waals surface area contributed by atoms with Crippen molar-refractivity contribution in [3.8, 4) is 11.5 Å². The van der Waals surface area contributed by atoms with Gasteiger partial charge in [-0.2, -0.15) is 0 Å². The van der Waals surface area contributed by atoms with Gasteiger partial charge < -0.3 is 9.47 Å². The van der Waals surface area contributed by atoms with Crippen LogP contribution in [0.2, 0.25) is 0 Å². The second-order valence-corrected chi connectivity index (χ2v) is 4.20. The SMILES string of the molecule is COc1ccc(C(=O)c2cc([N+](=O)[O-])ccc2OC)cc1. The lowest BCUT2D eigenvalue weighted by Crippen LogP contribution is -2.05. The smallest absolute Gasteiger partial charge is 0.270 e. The van der Waals surface area contributed by atoms with Crippen LogP contribution in [0, 0.1) is 10.1 Å². The molecule has 0 aliphatic heterocycles. The molecule has 108 valence electrons. The monoisotopic (exact) mass is 287 g/mol. The van der Waals surface area contributed by atoms with E-state index in [4.69, 9.17) is 9.47 Å². The van der Waals surface area contributed by atoms with Crippen LogP contribution in [0.1, 0.15) is 15.9 Å². The third kappa shape index (κ3) is 3.00. The minimum Gasteiger partial charge on any atom is -0.497 e. The molecule has 0 spiro atoms. The summed E-state index contributed by atoms with van der Waals surface area (Å²) in [6, 6.07) is 10.4. The van der Waals surface area contributed by atoms with Gasteiger partial charge in [-0.1, -0.05) is 0 Å². The standard InChI is InChI=1S/C15H13NO5/c1-20-12-6-3-10(4-7-12)15(17)13-9-11(16(18)19)5-8-14(13)21-2/h3-9H,1-2H3. The van der Waals surface area contributed by atoms with E-state index in [-0.39, 0.29) is 17.0 Å². The molecular formula is C15H13NO5. The van der Waals surface area contributed by atoms with Crippen LogP contribution < -0.4 is 9.47 Å². The number of rotatable bonds is 5. The molecule has 0 aliphatic rings. The fourth-order valence-electron chi connectivity index (χ4n) is 1.88. The highest BCUT2D eigenvalue weighted by Crippen LogP contribution is 2.26. The summed E-state index contributed by atoms with van der Waals surface area (Å²) in [7, 11) is 2.94. The number of nitro groups is 1. The largest absolute Gasteiger partial charge is 0.497 e. The van der Waals surface area contributed by atoms with Gasteiger partial charge in [0.25, 0.3) is 5.69 Å². The lowest BCUT2D eigenvalue weighted by Gasteiger charge is -2.08. The first-order valence-corrected chi connectivity index (χ1v) is 6.08. The Labute approximate surface area is 121 Å². The van der Waals surface area contributed by atoms with Crippen molar-refractivity contribution in [1.82, 2.24) is 0 Å². The maximum Gasteiger partial charge on any atom is 0.270 e. The molecule has 0 unspecified atom stereocenters. The minimum atomic E-state index is -0.551. The van der Waals surface area contributed by atoms with Gasteiger partial charge in [-0.25, -0.2) is 0 Å². The fourth-order valence-corrected chi connectivity index (χ4v) is 1.88. The summed E-state index contributed by atoms with van der Waals surface area (Å²) in [5.41, 5.74) is 0.388. The topological polar surface area (TPSA) is 78.7 Å².